The highest BCUT2D eigenvalue weighted by Crippen LogP contribution is 2.30. The lowest BCUT2D eigenvalue weighted by atomic mass is 10.2. The molecule has 1 N–H and O–H groups in total. The Labute approximate surface area is 136 Å². The molecule has 0 bridgehead atoms. The molecule has 0 saturated carbocycles. The van der Waals surface area contributed by atoms with Crippen LogP contribution in [0.5, 0.6) is 11.5 Å². The molecular formula is C15H16INO4. The number of benzene rings is 1. The minimum Gasteiger partial charge on any atom is -0.494 e. The van der Waals surface area contributed by atoms with Crippen LogP contribution < -0.4 is 9.47 Å². The second-order valence-electron chi connectivity index (χ2n) is 4.21. The van der Waals surface area contributed by atoms with Gasteiger partial charge in [0.05, 0.1) is 18.9 Å². The van der Waals surface area contributed by atoms with Crippen LogP contribution in [-0.2, 0) is 0 Å². The molecule has 112 valence electrons. The lowest BCUT2D eigenvalue weighted by Gasteiger charge is -2.14. The monoisotopic (exact) mass is 401 g/mol. The molecule has 6 heteroatoms. The normalized spacial score (nSPS) is 10.4. The van der Waals surface area contributed by atoms with Gasteiger partial charge in [-0.3, -0.25) is 0 Å². The quantitative estimate of drug-likeness (QED) is 0.752. The summed E-state index contributed by atoms with van der Waals surface area (Å²) in [6.07, 6.45) is 1.76. The number of hydrogen-bond acceptors (Lipinski definition) is 3. The number of aromatic nitrogens is 1. The van der Waals surface area contributed by atoms with Crippen LogP contribution >= 0.6 is 22.6 Å². The van der Waals surface area contributed by atoms with Crippen LogP contribution in [0, 0.1) is 3.57 Å². The largest absolute Gasteiger partial charge is 0.494 e. The van der Waals surface area contributed by atoms with E-state index in [1.54, 1.807) is 29.0 Å². The Morgan fingerprint density at radius 2 is 1.95 bits per heavy atom. The molecule has 5 nitrogen and oxygen atoms in total. The van der Waals surface area contributed by atoms with Crippen molar-refractivity contribution in [1.29, 1.82) is 0 Å². The van der Waals surface area contributed by atoms with Crippen molar-refractivity contribution in [1.82, 2.24) is 4.57 Å². The van der Waals surface area contributed by atoms with Gasteiger partial charge >= 0.3 is 5.97 Å². The number of hydrogen-bond donors (Lipinski definition) is 1. The average Bonchev–Trinajstić information content (AvgIpc) is 2.83. The van der Waals surface area contributed by atoms with Gasteiger partial charge in [-0.25, -0.2) is 4.79 Å². The summed E-state index contributed by atoms with van der Waals surface area (Å²) in [6.45, 7) is 4.83. The van der Waals surface area contributed by atoms with Gasteiger partial charge in [-0.1, -0.05) is 0 Å². The zero-order valence-corrected chi connectivity index (χ0v) is 14.0. The lowest BCUT2D eigenvalue weighted by molar-refractivity contribution is 0.0688. The number of aromatic carboxylic acids is 1. The maximum atomic E-state index is 11.4. The fourth-order valence-corrected chi connectivity index (χ4v) is 2.59. The number of halogens is 1. The minimum atomic E-state index is -0.984. The van der Waals surface area contributed by atoms with E-state index in [-0.39, 0.29) is 5.69 Å². The SMILES string of the molecule is CCOc1ccc(OCC)c(-n2cc(I)cc2C(=O)O)c1. The Balaban J connectivity index is 2.59. The second kappa shape index (κ2) is 6.84. The van der Waals surface area contributed by atoms with Crippen LogP contribution in [0.25, 0.3) is 5.69 Å². The number of carbonyl (C=O) groups is 1. The molecule has 2 aromatic rings. The Morgan fingerprint density at radius 3 is 2.57 bits per heavy atom. The Morgan fingerprint density at radius 1 is 1.24 bits per heavy atom. The molecule has 0 unspecified atom stereocenters. The first-order valence-electron chi connectivity index (χ1n) is 6.58. The van der Waals surface area contributed by atoms with E-state index in [1.165, 1.54) is 0 Å². The van der Waals surface area contributed by atoms with Crippen LogP contribution in [-0.4, -0.2) is 28.9 Å². The van der Waals surface area contributed by atoms with E-state index in [0.29, 0.717) is 30.4 Å². The van der Waals surface area contributed by atoms with Gasteiger partial charge in [0.15, 0.2) is 0 Å². The molecule has 1 heterocycles. The van der Waals surface area contributed by atoms with Crippen molar-refractivity contribution in [3.8, 4) is 17.2 Å². The topological polar surface area (TPSA) is 60.7 Å². The molecular weight excluding hydrogens is 385 g/mol. The Hall–Kier alpha value is -1.70. The number of ether oxygens (including phenoxy) is 2. The van der Waals surface area contributed by atoms with Crippen molar-refractivity contribution in [3.05, 3.63) is 39.7 Å². The lowest BCUT2D eigenvalue weighted by Crippen LogP contribution is -2.08. The summed E-state index contributed by atoms with van der Waals surface area (Å²) >= 11 is 2.09. The van der Waals surface area contributed by atoms with Gasteiger partial charge in [-0.05, 0) is 54.6 Å². The molecule has 0 radical (unpaired) electrons. The third kappa shape index (κ3) is 3.49. The molecule has 0 aliphatic rings. The van der Waals surface area contributed by atoms with E-state index in [9.17, 15) is 9.90 Å². The summed E-state index contributed by atoms with van der Waals surface area (Å²) in [4.78, 5) is 11.4. The number of rotatable bonds is 6. The Bertz CT molecular complexity index is 651. The second-order valence-corrected chi connectivity index (χ2v) is 5.46. The molecule has 0 fully saturated rings. The van der Waals surface area contributed by atoms with Gasteiger partial charge in [-0.2, -0.15) is 0 Å². The van der Waals surface area contributed by atoms with Gasteiger partial charge < -0.3 is 19.1 Å². The summed E-state index contributed by atoms with van der Waals surface area (Å²) in [6, 6.07) is 7.01. The van der Waals surface area contributed by atoms with E-state index in [0.717, 1.165) is 3.57 Å². The van der Waals surface area contributed by atoms with E-state index in [4.69, 9.17) is 9.47 Å². The van der Waals surface area contributed by atoms with Crippen LogP contribution in [0.4, 0.5) is 0 Å². The number of carboxylic acid groups (broad SMARTS) is 1. The van der Waals surface area contributed by atoms with Crippen molar-refractivity contribution in [2.75, 3.05) is 13.2 Å². The fraction of sp³-hybridized carbons (Fsp3) is 0.267. The summed E-state index contributed by atoms with van der Waals surface area (Å²) in [5.41, 5.74) is 0.845. The van der Waals surface area contributed by atoms with Crippen molar-refractivity contribution < 1.29 is 19.4 Å². The third-order valence-electron chi connectivity index (χ3n) is 2.81. The predicted molar refractivity (Wildman–Crippen MR) is 87.8 cm³/mol. The van der Waals surface area contributed by atoms with Crippen molar-refractivity contribution in [2.24, 2.45) is 0 Å². The van der Waals surface area contributed by atoms with E-state index < -0.39 is 5.97 Å². The molecule has 0 saturated heterocycles. The first-order chi connectivity index (χ1) is 10.1. The van der Waals surface area contributed by atoms with Crippen molar-refractivity contribution in [2.45, 2.75) is 13.8 Å². The van der Waals surface area contributed by atoms with Gasteiger partial charge in [0.1, 0.15) is 17.2 Å². The van der Waals surface area contributed by atoms with Gasteiger partial charge in [0.25, 0.3) is 0 Å². The van der Waals surface area contributed by atoms with Crippen LogP contribution in [0.3, 0.4) is 0 Å². The zero-order chi connectivity index (χ0) is 15.4. The third-order valence-corrected chi connectivity index (χ3v) is 3.40. The summed E-state index contributed by atoms with van der Waals surface area (Å²) in [5.74, 6) is 0.314. The average molecular weight is 401 g/mol. The molecule has 1 aromatic heterocycles. The molecule has 21 heavy (non-hydrogen) atoms. The van der Waals surface area contributed by atoms with E-state index >= 15 is 0 Å². The molecule has 0 spiro atoms. The molecule has 1 aromatic carbocycles. The van der Waals surface area contributed by atoms with Crippen LogP contribution in [0.1, 0.15) is 24.3 Å². The van der Waals surface area contributed by atoms with Gasteiger partial charge in [0, 0.05) is 15.8 Å². The fourth-order valence-electron chi connectivity index (χ4n) is 2.01. The van der Waals surface area contributed by atoms with Gasteiger partial charge in [0.2, 0.25) is 0 Å². The maximum Gasteiger partial charge on any atom is 0.352 e. The maximum absolute atomic E-state index is 11.4. The molecule has 2 rings (SSSR count). The minimum absolute atomic E-state index is 0.189. The molecule has 0 aliphatic heterocycles. The van der Waals surface area contributed by atoms with Gasteiger partial charge in [-0.15, -0.1) is 0 Å². The van der Waals surface area contributed by atoms with E-state index in [1.807, 2.05) is 19.9 Å². The highest BCUT2D eigenvalue weighted by Gasteiger charge is 2.17. The predicted octanol–water partition coefficient (Wildman–Crippen LogP) is 3.58. The Kier molecular flexibility index (Phi) is 5.11. The first-order valence-corrected chi connectivity index (χ1v) is 7.65. The van der Waals surface area contributed by atoms with E-state index in [2.05, 4.69) is 22.6 Å². The first kappa shape index (κ1) is 15.7. The summed E-state index contributed by atoms with van der Waals surface area (Å²) in [5, 5.41) is 9.34. The number of carboxylic acids is 1. The molecule has 0 atom stereocenters. The highest BCUT2D eigenvalue weighted by atomic mass is 127. The zero-order valence-electron chi connectivity index (χ0n) is 11.8. The summed E-state index contributed by atoms with van der Waals surface area (Å²) < 4.78 is 13.5. The van der Waals surface area contributed by atoms with Crippen LogP contribution in [0.15, 0.2) is 30.5 Å². The highest BCUT2D eigenvalue weighted by molar-refractivity contribution is 14.1. The molecule has 0 aliphatic carbocycles. The summed E-state index contributed by atoms with van der Waals surface area (Å²) in [7, 11) is 0. The van der Waals surface area contributed by atoms with Crippen LogP contribution in [0.2, 0.25) is 0 Å². The molecule has 0 amide bonds. The standard InChI is InChI=1S/C15H16INO4/c1-3-20-11-5-6-14(21-4-2)12(8-11)17-9-10(16)7-13(17)15(18)19/h5-9H,3-4H2,1-2H3,(H,18,19). The smallest absolute Gasteiger partial charge is 0.352 e. The number of nitrogens with zero attached hydrogens (tertiary/aromatic N) is 1. The van der Waals surface area contributed by atoms with Crippen molar-refractivity contribution >= 4 is 28.6 Å². The van der Waals surface area contributed by atoms with Crippen molar-refractivity contribution in [3.63, 3.8) is 0 Å².